The summed E-state index contributed by atoms with van der Waals surface area (Å²) >= 11 is 6.30. The first-order chi connectivity index (χ1) is 9.83. The quantitative estimate of drug-likeness (QED) is 0.930. The SMILES string of the molecule is Clc1cc(CNN2CCCCC2)cc2c1OCCCO2. The van der Waals surface area contributed by atoms with Crippen molar-refractivity contribution in [3.8, 4) is 11.5 Å². The first-order valence-electron chi connectivity index (χ1n) is 7.39. The molecule has 0 saturated carbocycles. The number of nitrogens with zero attached hydrogens (tertiary/aromatic N) is 1. The molecule has 0 aliphatic carbocycles. The van der Waals surface area contributed by atoms with E-state index in [1.165, 1.54) is 19.3 Å². The van der Waals surface area contributed by atoms with E-state index in [-0.39, 0.29) is 0 Å². The fourth-order valence-electron chi connectivity index (χ4n) is 2.64. The fourth-order valence-corrected chi connectivity index (χ4v) is 2.93. The summed E-state index contributed by atoms with van der Waals surface area (Å²) in [6, 6.07) is 4.00. The third-order valence-corrected chi connectivity index (χ3v) is 4.01. The van der Waals surface area contributed by atoms with E-state index in [1.807, 2.05) is 12.1 Å². The Morgan fingerprint density at radius 3 is 2.70 bits per heavy atom. The van der Waals surface area contributed by atoms with Gasteiger partial charge < -0.3 is 9.47 Å². The summed E-state index contributed by atoms with van der Waals surface area (Å²) in [6.07, 6.45) is 4.78. The molecule has 1 N–H and O–H groups in total. The second-order valence-corrected chi connectivity index (χ2v) is 5.75. The van der Waals surface area contributed by atoms with Gasteiger partial charge in [0.25, 0.3) is 0 Å². The van der Waals surface area contributed by atoms with Crippen LogP contribution in [0.2, 0.25) is 5.02 Å². The molecule has 2 heterocycles. The van der Waals surface area contributed by atoms with Gasteiger partial charge in [-0.1, -0.05) is 18.0 Å². The number of piperidine rings is 1. The molecule has 3 rings (SSSR count). The zero-order valence-corrected chi connectivity index (χ0v) is 12.4. The molecule has 0 aromatic heterocycles. The number of nitrogens with one attached hydrogen (secondary N) is 1. The van der Waals surface area contributed by atoms with E-state index < -0.39 is 0 Å². The highest BCUT2D eigenvalue weighted by molar-refractivity contribution is 6.32. The normalized spacial score (nSPS) is 19.6. The summed E-state index contributed by atoms with van der Waals surface area (Å²) in [6.45, 7) is 4.37. The monoisotopic (exact) mass is 296 g/mol. The van der Waals surface area contributed by atoms with E-state index in [9.17, 15) is 0 Å². The number of hydrogen-bond donors (Lipinski definition) is 1. The van der Waals surface area contributed by atoms with Crippen LogP contribution in [-0.2, 0) is 6.54 Å². The van der Waals surface area contributed by atoms with E-state index in [0.717, 1.165) is 37.4 Å². The van der Waals surface area contributed by atoms with Crippen LogP contribution >= 0.6 is 11.6 Å². The van der Waals surface area contributed by atoms with Crippen LogP contribution in [0.3, 0.4) is 0 Å². The van der Waals surface area contributed by atoms with Gasteiger partial charge in [0.1, 0.15) is 0 Å². The molecule has 110 valence electrons. The topological polar surface area (TPSA) is 33.7 Å². The van der Waals surface area contributed by atoms with Crippen molar-refractivity contribution in [3.63, 3.8) is 0 Å². The van der Waals surface area contributed by atoms with Crippen molar-refractivity contribution in [1.82, 2.24) is 10.4 Å². The minimum atomic E-state index is 0.639. The maximum absolute atomic E-state index is 6.30. The summed E-state index contributed by atoms with van der Waals surface area (Å²) in [7, 11) is 0. The van der Waals surface area contributed by atoms with Crippen LogP contribution in [0.5, 0.6) is 11.5 Å². The molecule has 20 heavy (non-hydrogen) atoms. The molecule has 4 nitrogen and oxygen atoms in total. The van der Waals surface area contributed by atoms with Gasteiger partial charge in [-0.15, -0.1) is 0 Å². The molecule has 0 bridgehead atoms. The molecule has 5 heteroatoms. The highest BCUT2D eigenvalue weighted by Gasteiger charge is 2.16. The smallest absolute Gasteiger partial charge is 0.179 e. The lowest BCUT2D eigenvalue weighted by atomic mass is 10.1. The number of benzene rings is 1. The average molecular weight is 297 g/mol. The molecule has 0 atom stereocenters. The number of ether oxygens (including phenoxy) is 2. The molecular weight excluding hydrogens is 276 g/mol. The first-order valence-corrected chi connectivity index (χ1v) is 7.77. The van der Waals surface area contributed by atoms with Crippen molar-refractivity contribution < 1.29 is 9.47 Å². The second-order valence-electron chi connectivity index (χ2n) is 5.34. The number of rotatable bonds is 3. The Labute approximate surface area is 125 Å². The van der Waals surface area contributed by atoms with Gasteiger partial charge in [0.2, 0.25) is 0 Å². The van der Waals surface area contributed by atoms with Gasteiger partial charge >= 0.3 is 0 Å². The Morgan fingerprint density at radius 2 is 1.85 bits per heavy atom. The molecule has 1 aromatic carbocycles. The standard InChI is InChI=1S/C15H21ClN2O2/c16-13-9-12(11-17-18-5-2-1-3-6-18)10-14-15(13)20-8-4-7-19-14/h9-10,17H,1-8,11H2. The third-order valence-electron chi connectivity index (χ3n) is 3.72. The van der Waals surface area contributed by atoms with Crippen molar-refractivity contribution in [2.24, 2.45) is 0 Å². The Kier molecular flexibility index (Phi) is 4.65. The summed E-state index contributed by atoms with van der Waals surface area (Å²) in [5.74, 6) is 1.45. The van der Waals surface area contributed by atoms with Crippen LogP contribution in [-0.4, -0.2) is 31.3 Å². The molecule has 1 fully saturated rings. The number of hydrogen-bond acceptors (Lipinski definition) is 4. The van der Waals surface area contributed by atoms with E-state index in [1.54, 1.807) is 0 Å². The molecule has 2 aliphatic rings. The maximum Gasteiger partial charge on any atom is 0.179 e. The summed E-state index contributed by atoms with van der Waals surface area (Å²) < 4.78 is 11.4. The predicted octanol–water partition coefficient (Wildman–Crippen LogP) is 2.99. The van der Waals surface area contributed by atoms with Crippen molar-refractivity contribution in [2.75, 3.05) is 26.3 Å². The van der Waals surface area contributed by atoms with E-state index in [2.05, 4.69) is 10.4 Å². The third kappa shape index (κ3) is 3.37. The summed E-state index contributed by atoms with van der Waals surface area (Å²) in [4.78, 5) is 0. The molecule has 0 spiro atoms. The summed E-state index contributed by atoms with van der Waals surface area (Å²) in [5.41, 5.74) is 4.60. The van der Waals surface area contributed by atoms with Crippen molar-refractivity contribution in [2.45, 2.75) is 32.2 Å². The first kappa shape index (κ1) is 14.0. The highest BCUT2D eigenvalue weighted by atomic mass is 35.5. The van der Waals surface area contributed by atoms with Crippen molar-refractivity contribution in [1.29, 1.82) is 0 Å². The van der Waals surface area contributed by atoms with Crippen LogP contribution in [0.4, 0.5) is 0 Å². The van der Waals surface area contributed by atoms with Crippen LogP contribution in [0.1, 0.15) is 31.2 Å². The van der Waals surface area contributed by atoms with Gasteiger partial charge in [0.05, 0.1) is 18.2 Å². The van der Waals surface area contributed by atoms with Gasteiger partial charge in [-0.05, 0) is 30.5 Å². The van der Waals surface area contributed by atoms with E-state index in [0.29, 0.717) is 24.0 Å². The van der Waals surface area contributed by atoms with Crippen LogP contribution < -0.4 is 14.9 Å². The predicted molar refractivity (Wildman–Crippen MR) is 79.3 cm³/mol. The van der Waals surface area contributed by atoms with Crippen molar-refractivity contribution in [3.05, 3.63) is 22.7 Å². The molecule has 1 saturated heterocycles. The van der Waals surface area contributed by atoms with Gasteiger partial charge in [-0.3, -0.25) is 5.43 Å². The van der Waals surface area contributed by atoms with Gasteiger partial charge in [0.15, 0.2) is 11.5 Å². The Balaban J connectivity index is 1.67. The minimum Gasteiger partial charge on any atom is -0.489 e. The zero-order valence-electron chi connectivity index (χ0n) is 11.7. The number of fused-ring (bicyclic) bond motifs is 1. The van der Waals surface area contributed by atoms with Crippen LogP contribution in [0, 0.1) is 0 Å². The lowest BCUT2D eigenvalue weighted by Gasteiger charge is -2.27. The number of hydrazine groups is 1. The van der Waals surface area contributed by atoms with Crippen molar-refractivity contribution >= 4 is 11.6 Å². The molecule has 2 aliphatic heterocycles. The molecular formula is C15H21ClN2O2. The molecule has 1 aromatic rings. The maximum atomic E-state index is 6.30. The average Bonchev–Trinajstić information content (AvgIpc) is 2.72. The Morgan fingerprint density at radius 1 is 1.05 bits per heavy atom. The highest BCUT2D eigenvalue weighted by Crippen LogP contribution is 2.37. The summed E-state index contributed by atoms with van der Waals surface area (Å²) in [5, 5.41) is 2.93. The molecule has 0 amide bonds. The zero-order chi connectivity index (χ0) is 13.8. The van der Waals surface area contributed by atoms with Gasteiger partial charge in [-0.2, -0.15) is 0 Å². The van der Waals surface area contributed by atoms with Gasteiger partial charge in [0, 0.05) is 26.1 Å². The lowest BCUT2D eigenvalue weighted by molar-refractivity contribution is 0.151. The Hall–Kier alpha value is -0.970. The molecule has 0 unspecified atom stereocenters. The van der Waals surface area contributed by atoms with E-state index >= 15 is 0 Å². The molecule has 0 radical (unpaired) electrons. The lowest BCUT2D eigenvalue weighted by Crippen LogP contribution is -2.41. The fraction of sp³-hybridized carbons (Fsp3) is 0.600. The van der Waals surface area contributed by atoms with Gasteiger partial charge in [-0.25, -0.2) is 5.01 Å². The second kappa shape index (κ2) is 6.66. The largest absolute Gasteiger partial charge is 0.489 e. The van der Waals surface area contributed by atoms with E-state index in [4.69, 9.17) is 21.1 Å². The number of halogens is 1. The Bertz CT molecular complexity index is 461. The van der Waals surface area contributed by atoms with Crippen LogP contribution in [0.25, 0.3) is 0 Å². The minimum absolute atomic E-state index is 0.639. The van der Waals surface area contributed by atoms with Crippen LogP contribution in [0.15, 0.2) is 12.1 Å².